The first kappa shape index (κ1) is 9.37. The van der Waals surface area contributed by atoms with Crippen LogP contribution in [0, 0.1) is 23.7 Å². The van der Waals surface area contributed by atoms with E-state index in [2.05, 4.69) is 5.32 Å². The van der Waals surface area contributed by atoms with Gasteiger partial charge >= 0.3 is 0 Å². The fourth-order valence-corrected chi connectivity index (χ4v) is 3.97. The van der Waals surface area contributed by atoms with Gasteiger partial charge in [-0.25, -0.2) is 0 Å². The quantitative estimate of drug-likeness (QED) is 0.611. The lowest BCUT2D eigenvalue weighted by molar-refractivity contribution is -0.149. The van der Waals surface area contributed by atoms with Crippen molar-refractivity contribution in [3.05, 3.63) is 0 Å². The minimum Gasteiger partial charge on any atom is -0.296 e. The number of hydrogen-bond acceptors (Lipinski definition) is 2. The molecule has 2 saturated carbocycles. The molecule has 3 heteroatoms. The lowest BCUT2D eigenvalue weighted by atomic mass is 9.59. The fraction of sp³-hybridized carbons (Fsp3) is 0.833. The summed E-state index contributed by atoms with van der Waals surface area (Å²) >= 11 is 0. The van der Waals surface area contributed by atoms with Crippen molar-refractivity contribution in [2.24, 2.45) is 23.7 Å². The maximum absolute atomic E-state index is 11.7. The molecule has 2 atom stereocenters. The summed E-state index contributed by atoms with van der Waals surface area (Å²) in [6, 6.07) is 0. The molecular formula is C12H17NO2. The summed E-state index contributed by atoms with van der Waals surface area (Å²) < 4.78 is 0. The summed E-state index contributed by atoms with van der Waals surface area (Å²) in [4.78, 5) is 23.5. The van der Waals surface area contributed by atoms with E-state index in [0.717, 1.165) is 12.8 Å². The molecular weight excluding hydrogens is 190 g/mol. The normalized spacial score (nSPS) is 44.5. The summed E-state index contributed by atoms with van der Waals surface area (Å²) in [5, 5.41) is 2.56. The van der Waals surface area contributed by atoms with Crippen LogP contribution >= 0.6 is 0 Å². The molecule has 3 fully saturated rings. The van der Waals surface area contributed by atoms with Crippen molar-refractivity contribution >= 4 is 11.8 Å². The Bertz CT molecular complexity index is 285. The Balaban J connectivity index is 1.94. The first-order valence-corrected chi connectivity index (χ1v) is 6.12. The number of rotatable bonds is 0. The Hall–Kier alpha value is -0.860. The van der Waals surface area contributed by atoms with E-state index < -0.39 is 0 Å². The Morgan fingerprint density at radius 2 is 1.40 bits per heavy atom. The maximum atomic E-state index is 11.7. The van der Waals surface area contributed by atoms with E-state index in [1.165, 1.54) is 25.7 Å². The van der Waals surface area contributed by atoms with Gasteiger partial charge in [-0.15, -0.1) is 0 Å². The first-order valence-electron chi connectivity index (χ1n) is 6.12. The van der Waals surface area contributed by atoms with Crippen LogP contribution in [0.1, 0.15) is 38.5 Å². The fourth-order valence-electron chi connectivity index (χ4n) is 3.97. The van der Waals surface area contributed by atoms with Gasteiger partial charge in [0.05, 0.1) is 0 Å². The average Bonchev–Trinajstić information content (AvgIpc) is 2.25. The van der Waals surface area contributed by atoms with Crippen molar-refractivity contribution in [2.45, 2.75) is 38.5 Å². The van der Waals surface area contributed by atoms with Gasteiger partial charge in [0.15, 0.2) is 0 Å². The molecule has 0 spiro atoms. The lowest BCUT2D eigenvalue weighted by Gasteiger charge is -2.47. The molecule has 82 valence electrons. The highest BCUT2D eigenvalue weighted by Gasteiger charge is 2.49. The van der Waals surface area contributed by atoms with Crippen LogP contribution in [0.25, 0.3) is 0 Å². The smallest absolute Gasteiger partial charge is 0.229 e. The predicted octanol–water partition coefficient (Wildman–Crippen LogP) is 1.48. The van der Waals surface area contributed by atoms with Gasteiger partial charge in [0, 0.05) is 11.8 Å². The third-order valence-corrected chi connectivity index (χ3v) is 4.57. The highest BCUT2D eigenvalue weighted by atomic mass is 16.2. The van der Waals surface area contributed by atoms with E-state index in [1.807, 2.05) is 0 Å². The van der Waals surface area contributed by atoms with Crippen LogP contribution in [0.3, 0.4) is 0 Å². The van der Waals surface area contributed by atoms with Crippen molar-refractivity contribution in [3.63, 3.8) is 0 Å². The summed E-state index contributed by atoms with van der Waals surface area (Å²) in [5.74, 6) is 1.34. The second-order valence-corrected chi connectivity index (χ2v) is 5.27. The second kappa shape index (κ2) is 3.32. The van der Waals surface area contributed by atoms with Crippen LogP contribution in [0.5, 0.6) is 0 Å². The van der Waals surface area contributed by atoms with Crippen LogP contribution in [0.4, 0.5) is 0 Å². The van der Waals surface area contributed by atoms with Crippen molar-refractivity contribution in [1.29, 1.82) is 0 Å². The summed E-state index contributed by atoms with van der Waals surface area (Å²) in [5.41, 5.74) is 0. The largest absolute Gasteiger partial charge is 0.296 e. The van der Waals surface area contributed by atoms with E-state index in [4.69, 9.17) is 0 Å². The highest BCUT2D eigenvalue weighted by Crippen LogP contribution is 2.48. The third kappa shape index (κ3) is 1.32. The van der Waals surface area contributed by atoms with Crippen LogP contribution in [-0.2, 0) is 9.59 Å². The molecule has 3 nitrogen and oxygen atoms in total. The van der Waals surface area contributed by atoms with Gasteiger partial charge in [0.25, 0.3) is 0 Å². The number of amides is 2. The van der Waals surface area contributed by atoms with Gasteiger partial charge in [-0.3, -0.25) is 14.9 Å². The monoisotopic (exact) mass is 207 g/mol. The number of hydrogen-bond donors (Lipinski definition) is 1. The molecule has 1 N–H and O–H groups in total. The van der Waals surface area contributed by atoms with Crippen LogP contribution < -0.4 is 5.32 Å². The molecule has 2 aliphatic carbocycles. The van der Waals surface area contributed by atoms with Crippen molar-refractivity contribution < 1.29 is 9.59 Å². The summed E-state index contributed by atoms with van der Waals surface area (Å²) in [7, 11) is 0. The number of carbonyl (C=O) groups is 2. The van der Waals surface area contributed by atoms with Gasteiger partial charge < -0.3 is 0 Å². The first-order chi connectivity index (χ1) is 7.27. The molecule has 0 aromatic rings. The average molecular weight is 207 g/mol. The van der Waals surface area contributed by atoms with Crippen LogP contribution in [0.2, 0.25) is 0 Å². The predicted molar refractivity (Wildman–Crippen MR) is 54.8 cm³/mol. The zero-order valence-corrected chi connectivity index (χ0v) is 8.87. The Labute approximate surface area is 89.6 Å². The van der Waals surface area contributed by atoms with Crippen LogP contribution in [0.15, 0.2) is 0 Å². The zero-order chi connectivity index (χ0) is 10.4. The van der Waals surface area contributed by atoms with E-state index in [-0.39, 0.29) is 23.7 Å². The van der Waals surface area contributed by atoms with Crippen molar-refractivity contribution in [2.75, 3.05) is 0 Å². The molecule has 1 saturated heterocycles. The Morgan fingerprint density at radius 3 is 1.93 bits per heavy atom. The van der Waals surface area contributed by atoms with E-state index in [0.29, 0.717) is 11.8 Å². The van der Waals surface area contributed by atoms with Gasteiger partial charge in [-0.05, 0) is 24.7 Å². The molecule has 1 heterocycles. The molecule has 0 bridgehead atoms. The van der Waals surface area contributed by atoms with E-state index in [1.54, 1.807) is 0 Å². The van der Waals surface area contributed by atoms with E-state index in [9.17, 15) is 9.59 Å². The molecule has 1 aliphatic heterocycles. The minimum absolute atomic E-state index is 0.00727. The van der Waals surface area contributed by atoms with E-state index >= 15 is 0 Å². The number of piperidine rings is 1. The summed E-state index contributed by atoms with van der Waals surface area (Å²) in [6.45, 7) is 0. The van der Waals surface area contributed by atoms with Crippen molar-refractivity contribution in [3.8, 4) is 0 Å². The third-order valence-electron chi connectivity index (χ3n) is 4.57. The second-order valence-electron chi connectivity index (χ2n) is 5.27. The standard InChI is InChI=1S/C12H17NO2/c14-11-8-5-1-3-7-4-2-6-9(10(7)8)12(15)13-11/h7-10H,1-6H2,(H,13,14,15). The van der Waals surface area contributed by atoms with Crippen LogP contribution in [-0.4, -0.2) is 11.8 Å². The number of nitrogens with one attached hydrogen (secondary N) is 1. The minimum atomic E-state index is 0.00727. The molecule has 0 radical (unpaired) electrons. The van der Waals surface area contributed by atoms with Gasteiger partial charge in [-0.1, -0.05) is 25.7 Å². The summed E-state index contributed by atoms with van der Waals surface area (Å²) in [6.07, 6.45) is 6.80. The zero-order valence-electron chi connectivity index (χ0n) is 8.87. The molecule has 3 rings (SSSR count). The Morgan fingerprint density at radius 1 is 0.867 bits per heavy atom. The molecule has 0 aromatic carbocycles. The lowest BCUT2D eigenvalue weighted by Crippen LogP contribution is -2.56. The molecule has 2 amide bonds. The number of imide groups is 1. The maximum Gasteiger partial charge on any atom is 0.229 e. The topological polar surface area (TPSA) is 46.2 Å². The van der Waals surface area contributed by atoms with Crippen molar-refractivity contribution in [1.82, 2.24) is 5.32 Å². The Kier molecular flexibility index (Phi) is 2.08. The highest BCUT2D eigenvalue weighted by molar-refractivity contribution is 6.00. The molecule has 0 aromatic heterocycles. The molecule has 15 heavy (non-hydrogen) atoms. The van der Waals surface area contributed by atoms with Gasteiger partial charge in [0.1, 0.15) is 0 Å². The van der Waals surface area contributed by atoms with Gasteiger partial charge in [-0.2, -0.15) is 0 Å². The van der Waals surface area contributed by atoms with Gasteiger partial charge in [0.2, 0.25) is 11.8 Å². The molecule has 2 unspecified atom stereocenters. The molecule has 3 aliphatic rings. The SMILES string of the molecule is O=C1NC(=O)C2CCCC3CCCC1C32. The number of carbonyl (C=O) groups excluding carboxylic acids is 2.